The molecule has 0 saturated heterocycles. The van der Waals surface area contributed by atoms with Gasteiger partial charge < -0.3 is 20.1 Å². The van der Waals surface area contributed by atoms with Crippen molar-refractivity contribution in [2.24, 2.45) is 5.18 Å². The molecule has 1 aromatic carbocycles. The molecule has 0 spiro atoms. The van der Waals surface area contributed by atoms with E-state index in [1.54, 1.807) is 0 Å². The smallest absolute Gasteiger partial charge is 0.420 e. The lowest BCUT2D eigenvalue weighted by Gasteiger charge is -2.17. The van der Waals surface area contributed by atoms with Crippen molar-refractivity contribution in [1.82, 2.24) is 15.6 Å². The van der Waals surface area contributed by atoms with E-state index in [4.69, 9.17) is 14.7 Å². The third-order valence-corrected chi connectivity index (χ3v) is 4.97. The van der Waals surface area contributed by atoms with Crippen LogP contribution in [0.25, 0.3) is 0 Å². The van der Waals surface area contributed by atoms with Gasteiger partial charge in [0, 0.05) is 0 Å². The van der Waals surface area contributed by atoms with Crippen LogP contribution in [0, 0.1) is 16.2 Å². The lowest BCUT2D eigenvalue weighted by atomic mass is 10.2. The molecule has 1 aromatic heterocycles. The number of benzene rings is 1. The highest BCUT2D eigenvalue weighted by molar-refractivity contribution is 5.96. The molecule has 2 aromatic rings. The number of hydrogen-bond donors (Lipinski definition) is 2. The van der Waals surface area contributed by atoms with Gasteiger partial charge in [-0.05, 0) is 48.4 Å². The molecule has 1 atom stereocenters. The van der Waals surface area contributed by atoms with Gasteiger partial charge in [-0.2, -0.15) is 18.4 Å². The topological polar surface area (TPSA) is 143 Å². The summed E-state index contributed by atoms with van der Waals surface area (Å²) < 4.78 is 50.1. The monoisotopic (exact) mass is 477 g/mol. The Morgan fingerprint density at radius 2 is 1.97 bits per heavy atom. The maximum Gasteiger partial charge on any atom is 0.420 e. The van der Waals surface area contributed by atoms with Gasteiger partial charge in [0.1, 0.15) is 34.4 Å². The second kappa shape index (κ2) is 9.74. The molecule has 0 bridgehead atoms. The van der Waals surface area contributed by atoms with Gasteiger partial charge in [0.15, 0.2) is 0 Å². The molecule has 1 unspecified atom stereocenters. The molecular weight excluding hydrogens is 459 g/mol. The second-order valence-corrected chi connectivity index (χ2v) is 7.34. The van der Waals surface area contributed by atoms with E-state index in [1.165, 1.54) is 37.6 Å². The first kappa shape index (κ1) is 24.4. The van der Waals surface area contributed by atoms with Crippen LogP contribution in [0.2, 0.25) is 0 Å². The van der Waals surface area contributed by atoms with Gasteiger partial charge in [-0.3, -0.25) is 14.6 Å². The summed E-state index contributed by atoms with van der Waals surface area (Å²) >= 11 is 0. The number of pyridine rings is 1. The number of rotatable bonds is 9. The molecule has 34 heavy (non-hydrogen) atoms. The maximum absolute atomic E-state index is 13.3. The van der Waals surface area contributed by atoms with Crippen LogP contribution in [0.5, 0.6) is 17.2 Å². The van der Waals surface area contributed by atoms with Crippen LogP contribution in [0.1, 0.15) is 24.1 Å². The zero-order valence-corrected chi connectivity index (χ0v) is 17.7. The van der Waals surface area contributed by atoms with Crippen molar-refractivity contribution in [3.05, 3.63) is 52.7 Å². The zero-order valence-electron chi connectivity index (χ0n) is 17.7. The van der Waals surface area contributed by atoms with Crippen molar-refractivity contribution in [3.63, 3.8) is 0 Å². The number of carbonyl (C=O) groups excluding carboxylic acids is 2. The van der Waals surface area contributed by atoms with Gasteiger partial charge >= 0.3 is 6.18 Å². The number of amides is 2. The third kappa shape index (κ3) is 5.58. The van der Waals surface area contributed by atoms with E-state index in [0.29, 0.717) is 18.5 Å². The molecular formula is C21H18F3N5O5. The number of aromatic nitrogens is 1. The van der Waals surface area contributed by atoms with Crippen molar-refractivity contribution in [2.45, 2.75) is 37.1 Å². The molecule has 0 aliphatic heterocycles. The third-order valence-electron chi connectivity index (χ3n) is 4.97. The first-order chi connectivity index (χ1) is 16.1. The van der Waals surface area contributed by atoms with E-state index in [2.05, 4.69) is 20.8 Å². The number of nitrogens with zero attached hydrogens (tertiary/aromatic N) is 3. The van der Waals surface area contributed by atoms with E-state index in [0.717, 1.165) is 12.1 Å². The standard InChI is InChI=1S/C21H18F3N5O5/c1-33-13-4-5-17(15(8-13)21(22,23)24)34-14-3-2-12(26-11-14)10-27-19(31)20(6-7-20)28-18(30)16(9-25)29-32/h2-5,8,11,16H,6-7,10H2,1H3,(H,27,31)(H,28,30). The Labute approximate surface area is 191 Å². The number of methoxy groups -OCH3 is 1. The Hall–Kier alpha value is -4.21. The lowest BCUT2D eigenvalue weighted by molar-refractivity contribution is -0.138. The highest BCUT2D eigenvalue weighted by Gasteiger charge is 2.52. The molecule has 1 aliphatic carbocycles. The average Bonchev–Trinajstić information content (AvgIpc) is 3.59. The fraction of sp³-hybridized carbons (Fsp3) is 0.333. The van der Waals surface area contributed by atoms with Gasteiger partial charge in [0.2, 0.25) is 5.91 Å². The van der Waals surface area contributed by atoms with Crippen molar-refractivity contribution in [1.29, 1.82) is 5.26 Å². The minimum Gasteiger partial charge on any atom is -0.497 e. The highest BCUT2D eigenvalue weighted by Crippen LogP contribution is 2.40. The molecule has 178 valence electrons. The van der Waals surface area contributed by atoms with E-state index in [-0.39, 0.29) is 18.0 Å². The summed E-state index contributed by atoms with van der Waals surface area (Å²) in [6.07, 6.45) is -2.81. The minimum atomic E-state index is -4.66. The molecule has 2 amide bonds. The molecule has 2 N–H and O–H groups in total. The normalized spacial score (nSPS) is 14.8. The van der Waals surface area contributed by atoms with Crippen LogP contribution in [-0.2, 0) is 22.3 Å². The van der Waals surface area contributed by atoms with Crippen LogP contribution < -0.4 is 20.1 Å². The number of ether oxygens (including phenoxy) is 2. The quantitative estimate of drug-likeness (QED) is 0.529. The van der Waals surface area contributed by atoms with Crippen molar-refractivity contribution in [3.8, 4) is 23.3 Å². The average molecular weight is 477 g/mol. The van der Waals surface area contributed by atoms with Gasteiger partial charge in [-0.1, -0.05) is 0 Å². The summed E-state index contributed by atoms with van der Waals surface area (Å²) in [5.41, 5.74) is -1.86. The molecule has 1 fully saturated rings. The number of nitriles is 1. The Balaban J connectivity index is 1.61. The number of hydrogen-bond acceptors (Lipinski definition) is 8. The van der Waals surface area contributed by atoms with E-state index < -0.39 is 40.9 Å². The Kier molecular flexibility index (Phi) is 7.00. The first-order valence-electron chi connectivity index (χ1n) is 9.82. The van der Waals surface area contributed by atoms with E-state index in [1.807, 2.05) is 0 Å². The number of nitrogens with one attached hydrogen (secondary N) is 2. The molecule has 1 heterocycles. The van der Waals surface area contributed by atoms with Crippen molar-refractivity contribution >= 4 is 11.8 Å². The van der Waals surface area contributed by atoms with Crippen LogP contribution in [0.15, 0.2) is 41.7 Å². The zero-order chi connectivity index (χ0) is 24.9. The van der Waals surface area contributed by atoms with Gasteiger partial charge in [0.25, 0.3) is 11.9 Å². The van der Waals surface area contributed by atoms with Gasteiger partial charge in [-0.15, -0.1) is 4.91 Å². The van der Waals surface area contributed by atoms with E-state index in [9.17, 15) is 27.7 Å². The summed E-state index contributed by atoms with van der Waals surface area (Å²) in [5, 5.41) is 16.0. The Morgan fingerprint density at radius 3 is 2.50 bits per heavy atom. The number of nitroso groups, excluding NO2 is 1. The Bertz CT molecular complexity index is 1130. The maximum atomic E-state index is 13.3. The van der Waals surface area contributed by atoms with Gasteiger partial charge in [-0.25, -0.2) is 0 Å². The molecule has 10 nitrogen and oxygen atoms in total. The predicted octanol–water partition coefficient (Wildman–Crippen LogP) is 2.82. The van der Waals surface area contributed by atoms with Crippen LogP contribution >= 0.6 is 0 Å². The van der Waals surface area contributed by atoms with Crippen LogP contribution in [-0.4, -0.2) is 35.5 Å². The minimum absolute atomic E-state index is 0.0269. The lowest BCUT2D eigenvalue weighted by Crippen LogP contribution is -2.51. The number of alkyl halides is 3. The summed E-state index contributed by atoms with van der Waals surface area (Å²) in [6.45, 7) is -0.0410. The summed E-state index contributed by atoms with van der Waals surface area (Å²) in [5.74, 6) is -1.84. The highest BCUT2D eigenvalue weighted by atomic mass is 19.4. The first-order valence-corrected chi connectivity index (χ1v) is 9.82. The van der Waals surface area contributed by atoms with E-state index >= 15 is 0 Å². The van der Waals surface area contributed by atoms with Crippen LogP contribution in [0.4, 0.5) is 13.2 Å². The fourth-order valence-corrected chi connectivity index (χ4v) is 2.96. The fourth-order valence-electron chi connectivity index (χ4n) is 2.96. The molecule has 1 aliphatic rings. The predicted molar refractivity (Wildman–Crippen MR) is 109 cm³/mol. The number of halogens is 3. The molecule has 0 radical (unpaired) electrons. The second-order valence-electron chi connectivity index (χ2n) is 7.34. The summed E-state index contributed by atoms with van der Waals surface area (Å²) in [6, 6.07) is 5.81. The SMILES string of the molecule is COc1ccc(Oc2ccc(CNC(=O)C3(NC(=O)C(C#N)N=O)CC3)nc2)c(C(F)(F)F)c1. The molecule has 3 rings (SSSR count). The van der Waals surface area contributed by atoms with Crippen molar-refractivity contribution in [2.75, 3.05) is 7.11 Å². The summed E-state index contributed by atoms with van der Waals surface area (Å²) in [7, 11) is 1.25. The molecule has 1 saturated carbocycles. The van der Waals surface area contributed by atoms with Crippen LogP contribution in [0.3, 0.4) is 0 Å². The molecule has 13 heteroatoms. The Morgan fingerprint density at radius 1 is 1.26 bits per heavy atom. The number of carbonyl (C=O) groups is 2. The summed E-state index contributed by atoms with van der Waals surface area (Å²) in [4.78, 5) is 38.8. The van der Waals surface area contributed by atoms with Gasteiger partial charge in [0.05, 0.1) is 25.5 Å². The van der Waals surface area contributed by atoms with Crippen molar-refractivity contribution < 1.29 is 32.2 Å². The largest absolute Gasteiger partial charge is 0.497 e.